The molecule has 0 aliphatic carbocycles. The summed E-state index contributed by atoms with van der Waals surface area (Å²) in [6.07, 6.45) is 1.11. The number of halogens is 1. The van der Waals surface area contributed by atoms with Crippen molar-refractivity contribution in [3.63, 3.8) is 0 Å². The lowest BCUT2D eigenvalue weighted by atomic mass is 10.1. The molecule has 0 radical (unpaired) electrons. The first-order valence-electron chi connectivity index (χ1n) is 4.86. The van der Waals surface area contributed by atoms with Gasteiger partial charge in [0.1, 0.15) is 0 Å². The lowest BCUT2D eigenvalue weighted by Crippen LogP contribution is -2.30. The van der Waals surface area contributed by atoms with Gasteiger partial charge in [0.2, 0.25) is 0 Å². The van der Waals surface area contributed by atoms with Gasteiger partial charge in [-0.2, -0.15) is 0 Å². The molecule has 0 N–H and O–H groups in total. The van der Waals surface area contributed by atoms with Crippen LogP contribution in [0.25, 0.3) is 0 Å². The van der Waals surface area contributed by atoms with E-state index in [2.05, 4.69) is 42.7 Å². The minimum atomic E-state index is 0.530. The van der Waals surface area contributed by atoms with E-state index in [9.17, 15) is 0 Å². The van der Waals surface area contributed by atoms with E-state index < -0.39 is 0 Å². The SMILES string of the molecule is C=C(Cl)CN1c2ccccc2CC1C. The molecule has 0 bridgehead atoms. The van der Waals surface area contributed by atoms with Crippen molar-refractivity contribution in [3.05, 3.63) is 41.4 Å². The maximum absolute atomic E-state index is 5.85. The van der Waals surface area contributed by atoms with E-state index in [1.165, 1.54) is 11.3 Å². The second kappa shape index (κ2) is 3.66. The number of hydrogen-bond donors (Lipinski definition) is 0. The molecule has 1 aromatic rings. The van der Waals surface area contributed by atoms with Crippen LogP contribution in [0.1, 0.15) is 12.5 Å². The first-order chi connectivity index (χ1) is 6.68. The van der Waals surface area contributed by atoms with Gasteiger partial charge in [-0.15, -0.1) is 0 Å². The Bertz CT molecular complexity index is 359. The minimum absolute atomic E-state index is 0.530. The average Bonchev–Trinajstić information content (AvgIpc) is 2.43. The molecule has 2 heteroatoms. The van der Waals surface area contributed by atoms with Crippen LogP contribution in [0, 0.1) is 0 Å². The van der Waals surface area contributed by atoms with Gasteiger partial charge in [0.25, 0.3) is 0 Å². The Morgan fingerprint density at radius 3 is 3.00 bits per heavy atom. The standard InChI is InChI=1S/C12H14ClN/c1-9(13)8-14-10(2)7-11-5-3-4-6-12(11)14/h3-6,10H,1,7-8H2,2H3. The molecule has 2 rings (SSSR count). The molecule has 0 fully saturated rings. The Morgan fingerprint density at radius 1 is 1.57 bits per heavy atom. The van der Waals surface area contributed by atoms with E-state index in [0.29, 0.717) is 11.1 Å². The summed E-state index contributed by atoms with van der Waals surface area (Å²) in [7, 11) is 0. The molecule has 0 saturated heterocycles. The molecule has 1 atom stereocenters. The van der Waals surface area contributed by atoms with Gasteiger partial charge in [-0.3, -0.25) is 0 Å². The molecule has 1 heterocycles. The summed E-state index contributed by atoms with van der Waals surface area (Å²) in [4.78, 5) is 2.31. The predicted molar refractivity (Wildman–Crippen MR) is 61.9 cm³/mol. The van der Waals surface area contributed by atoms with Crippen LogP contribution in [-0.2, 0) is 6.42 Å². The molecule has 14 heavy (non-hydrogen) atoms. The fourth-order valence-electron chi connectivity index (χ4n) is 2.06. The summed E-state index contributed by atoms with van der Waals surface area (Å²) in [6, 6.07) is 9.02. The van der Waals surface area contributed by atoms with Crippen LogP contribution in [0.15, 0.2) is 35.9 Å². The van der Waals surface area contributed by atoms with Crippen LogP contribution in [0.5, 0.6) is 0 Å². The van der Waals surface area contributed by atoms with E-state index in [-0.39, 0.29) is 0 Å². The van der Waals surface area contributed by atoms with Crippen molar-refractivity contribution in [1.29, 1.82) is 0 Å². The zero-order valence-electron chi connectivity index (χ0n) is 8.33. The Balaban J connectivity index is 2.30. The van der Waals surface area contributed by atoms with Crippen molar-refractivity contribution in [1.82, 2.24) is 0 Å². The quantitative estimate of drug-likeness (QED) is 0.720. The average molecular weight is 208 g/mol. The smallest absolute Gasteiger partial charge is 0.0533 e. The number of para-hydroxylation sites is 1. The fraction of sp³-hybridized carbons (Fsp3) is 0.333. The van der Waals surface area contributed by atoms with Gasteiger partial charge in [0, 0.05) is 16.8 Å². The summed E-state index contributed by atoms with van der Waals surface area (Å²) >= 11 is 5.85. The van der Waals surface area contributed by atoms with Gasteiger partial charge >= 0.3 is 0 Å². The summed E-state index contributed by atoms with van der Waals surface area (Å²) in [5, 5.41) is 0.702. The third-order valence-corrected chi connectivity index (χ3v) is 2.81. The lowest BCUT2D eigenvalue weighted by molar-refractivity contribution is 0.704. The van der Waals surface area contributed by atoms with Crippen molar-refractivity contribution < 1.29 is 0 Å². The second-order valence-electron chi connectivity index (χ2n) is 3.83. The highest BCUT2D eigenvalue weighted by Gasteiger charge is 2.24. The first-order valence-corrected chi connectivity index (χ1v) is 5.24. The molecule has 1 aliphatic rings. The third kappa shape index (κ3) is 1.64. The van der Waals surface area contributed by atoms with E-state index in [4.69, 9.17) is 11.6 Å². The van der Waals surface area contributed by atoms with Crippen LogP contribution >= 0.6 is 11.6 Å². The minimum Gasteiger partial charge on any atom is -0.363 e. The molecule has 0 spiro atoms. The van der Waals surface area contributed by atoms with Crippen LogP contribution in [0.4, 0.5) is 5.69 Å². The highest BCUT2D eigenvalue weighted by molar-refractivity contribution is 6.29. The molecular weight excluding hydrogens is 194 g/mol. The van der Waals surface area contributed by atoms with Crippen molar-refractivity contribution in [2.24, 2.45) is 0 Å². The van der Waals surface area contributed by atoms with Crippen molar-refractivity contribution in [3.8, 4) is 0 Å². The van der Waals surface area contributed by atoms with Crippen LogP contribution in [0.2, 0.25) is 0 Å². The maximum Gasteiger partial charge on any atom is 0.0533 e. The molecule has 74 valence electrons. The molecule has 1 aliphatic heterocycles. The highest BCUT2D eigenvalue weighted by Crippen LogP contribution is 2.32. The van der Waals surface area contributed by atoms with E-state index in [1.807, 2.05) is 0 Å². The van der Waals surface area contributed by atoms with E-state index in [1.54, 1.807) is 0 Å². The normalized spacial score (nSPS) is 19.6. The topological polar surface area (TPSA) is 3.24 Å². The Morgan fingerprint density at radius 2 is 2.29 bits per heavy atom. The van der Waals surface area contributed by atoms with Crippen LogP contribution in [0.3, 0.4) is 0 Å². The van der Waals surface area contributed by atoms with Crippen molar-refractivity contribution >= 4 is 17.3 Å². The van der Waals surface area contributed by atoms with Crippen LogP contribution in [-0.4, -0.2) is 12.6 Å². The Kier molecular flexibility index (Phi) is 2.51. The van der Waals surface area contributed by atoms with Crippen LogP contribution < -0.4 is 4.90 Å². The van der Waals surface area contributed by atoms with Crippen molar-refractivity contribution in [2.45, 2.75) is 19.4 Å². The molecule has 1 nitrogen and oxygen atoms in total. The summed E-state index contributed by atoms with van der Waals surface area (Å²) < 4.78 is 0. The fourth-order valence-corrected chi connectivity index (χ4v) is 2.18. The molecule has 1 aromatic carbocycles. The zero-order chi connectivity index (χ0) is 10.1. The van der Waals surface area contributed by atoms with Gasteiger partial charge in [-0.05, 0) is 25.0 Å². The first kappa shape index (κ1) is 9.60. The monoisotopic (exact) mass is 207 g/mol. The number of hydrogen-bond acceptors (Lipinski definition) is 1. The molecule has 0 aromatic heterocycles. The number of anilines is 1. The molecule has 0 amide bonds. The van der Waals surface area contributed by atoms with E-state index >= 15 is 0 Å². The predicted octanol–water partition coefficient (Wildman–Crippen LogP) is 3.19. The number of fused-ring (bicyclic) bond motifs is 1. The molecule has 1 unspecified atom stereocenters. The van der Waals surface area contributed by atoms with Crippen molar-refractivity contribution in [2.75, 3.05) is 11.4 Å². The van der Waals surface area contributed by atoms with Gasteiger partial charge in [-0.25, -0.2) is 0 Å². The molecular formula is C12H14ClN. The molecule has 0 saturated carbocycles. The third-order valence-electron chi connectivity index (χ3n) is 2.69. The number of benzene rings is 1. The Hall–Kier alpha value is -0.950. The Labute approximate surface area is 90.0 Å². The number of rotatable bonds is 2. The largest absolute Gasteiger partial charge is 0.363 e. The van der Waals surface area contributed by atoms with Gasteiger partial charge in [0.15, 0.2) is 0 Å². The summed E-state index contributed by atoms with van der Waals surface area (Å²) in [6.45, 7) is 6.72. The van der Waals surface area contributed by atoms with Gasteiger partial charge < -0.3 is 4.90 Å². The highest BCUT2D eigenvalue weighted by atomic mass is 35.5. The van der Waals surface area contributed by atoms with Gasteiger partial charge in [-0.1, -0.05) is 36.4 Å². The maximum atomic E-state index is 5.85. The zero-order valence-corrected chi connectivity index (χ0v) is 9.09. The second-order valence-corrected chi connectivity index (χ2v) is 4.36. The van der Waals surface area contributed by atoms with E-state index in [0.717, 1.165) is 13.0 Å². The lowest BCUT2D eigenvalue weighted by Gasteiger charge is -2.24. The number of nitrogens with zero attached hydrogens (tertiary/aromatic N) is 1. The summed E-state index contributed by atoms with van der Waals surface area (Å²) in [5.41, 5.74) is 2.72. The van der Waals surface area contributed by atoms with Gasteiger partial charge in [0.05, 0.1) is 6.54 Å². The summed E-state index contributed by atoms with van der Waals surface area (Å²) in [5.74, 6) is 0.